The van der Waals surface area contributed by atoms with Crippen molar-refractivity contribution >= 4 is 34.9 Å². The second kappa shape index (κ2) is 5.53. The number of hydrogen-bond donors (Lipinski definition) is 2. The van der Waals surface area contributed by atoms with Gasteiger partial charge in [-0.3, -0.25) is 15.1 Å². The summed E-state index contributed by atoms with van der Waals surface area (Å²) in [6, 6.07) is 13.9. The van der Waals surface area contributed by atoms with Gasteiger partial charge in [-0.2, -0.15) is 0 Å². The molecule has 2 N–H and O–H groups in total. The lowest BCUT2D eigenvalue weighted by atomic mass is 10.1. The van der Waals surface area contributed by atoms with Crippen LogP contribution in [0.2, 0.25) is 0 Å². The normalized spacial score (nSPS) is 19.7. The van der Waals surface area contributed by atoms with Gasteiger partial charge in [-0.1, -0.05) is 30.0 Å². The van der Waals surface area contributed by atoms with Gasteiger partial charge < -0.3 is 5.32 Å². The summed E-state index contributed by atoms with van der Waals surface area (Å²) in [5, 5.41) is 12.8. The number of fused-ring (bicyclic) bond motifs is 1. The first-order chi connectivity index (χ1) is 11.5. The maximum atomic E-state index is 12.5. The van der Waals surface area contributed by atoms with Crippen LogP contribution in [0.5, 0.6) is 0 Å². The Kier molecular flexibility index (Phi) is 3.46. The number of thioether (sulfide) groups is 1. The number of carbonyl (C=O) groups excluding carboxylic acids is 1. The number of aryl methyl sites for hydroxylation is 2. The summed E-state index contributed by atoms with van der Waals surface area (Å²) >= 11 is 1.59. The van der Waals surface area contributed by atoms with E-state index in [1.165, 1.54) is 10.5 Å². The quantitative estimate of drug-likeness (QED) is 0.809. The lowest BCUT2D eigenvalue weighted by Gasteiger charge is -2.17. The summed E-state index contributed by atoms with van der Waals surface area (Å²) in [7, 11) is 0. The molecule has 4 rings (SSSR count). The largest absolute Gasteiger partial charge is 0.349 e. The number of para-hydroxylation sites is 1. The van der Waals surface area contributed by atoms with E-state index in [4.69, 9.17) is 5.41 Å². The number of hydrogen-bond acceptors (Lipinski definition) is 4. The number of amides is 1. The van der Waals surface area contributed by atoms with E-state index >= 15 is 0 Å². The van der Waals surface area contributed by atoms with Crippen molar-refractivity contribution in [2.45, 2.75) is 25.2 Å². The molecule has 2 aromatic rings. The standard InChI is InChI=1S/C19H17N3OS/c1-11-7-8-13(9-12(11)2)22-17(23)10-14(18(22)20)19-21-15-5-3-4-6-16(15)24-19/h3-9,20-21H,10H2,1-2H3/b19-14-,20-18?. The van der Waals surface area contributed by atoms with E-state index < -0.39 is 0 Å². The Morgan fingerprint density at radius 2 is 1.92 bits per heavy atom. The second-order valence-corrected chi connectivity index (χ2v) is 7.11. The molecule has 0 saturated carbocycles. The number of benzene rings is 2. The molecule has 2 heterocycles. The Labute approximate surface area is 145 Å². The first kappa shape index (κ1) is 15.0. The van der Waals surface area contributed by atoms with Crippen LogP contribution in [0, 0.1) is 19.3 Å². The molecular formula is C19H17N3OS. The lowest BCUT2D eigenvalue weighted by Crippen LogP contribution is -2.28. The Morgan fingerprint density at radius 1 is 1.12 bits per heavy atom. The summed E-state index contributed by atoms with van der Waals surface area (Å²) in [5.74, 6) is 0.218. The monoisotopic (exact) mass is 335 g/mol. The summed E-state index contributed by atoms with van der Waals surface area (Å²) in [6.45, 7) is 4.06. The molecule has 0 unspecified atom stereocenters. The average Bonchev–Trinajstić information content (AvgIpc) is 3.11. The van der Waals surface area contributed by atoms with E-state index in [1.807, 2.05) is 56.3 Å². The topological polar surface area (TPSA) is 56.2 Å². The molecule has 0 aromatic heterocycles. The molecule has 0 spiro atoms. The predicted molar refractivity (Wildman–Crippen MR) is 98.7 cm³/mol. The van der Waals surface area contributed by atoms with Gasteiger partial charge in [0, 0.05) is 10.5 Å². The van der Waals surface area contributed by atoms with Gasteiger partial charge in [-0.15, -0.1) is 0 Å². The van der Waals surface area contributed by atoms with Crippen molar-refractivity contribution in [1.82, 2.24) is 0 Å². The van der Waals surface area contributed by atoms with E-state index in [-0.39, 0.29) is 18.2 Å². The summed E-state index contributed by atoms with van der Waals surface area (Å²) < 4.78 is 0. The van der Waals surface area contributed by atoms with Crippen molar-refractivity contribution in [3.05, 3.63) is 64.2 Å². The summed E-state index contributed by atoms with van der Waals surface area (Å²) in [6.07, 6.45) is 0.259. The zero-order valence-corrected chi connectivity index (χ0v) is 14.3. The van der Waals surface area contributed by atoms with Crippen LogP contribution >= 0.6 is 11.8 Å². The molecule has 1 amide bonds. The van der Waals surface area contributed by atoms with Crippen LogP contribution in [0.4, 0.5) is 11.4 Å². The molecule has 0 radical (unpaired) electrons. The number of carbonyl (C=O) groups is 1. The van der Waals surface area contributed by atoms with Crippen LogP contribution < -0.4 is 10.2 Å². The van der Waals surface area contributed by atoms with Crippen LogP contribution in [0.1, 0.15) is 17.5 Å². The zero-order valence-electron chi connectivity index (χ0n) is 13.5. The van der Waals surface area contributed by atoms with Crippen molar-refractivity contribution in [3.63, 3.8) is 0 Å². The molecule has 2 aromatic carbocycles. The highest BCUT2D eigenvalue weighted by Gasteiger charge is 2.35. The van der Waals surface area contributed by atoms with Crippen molar-refractivity contribution in [2.24, 2.45) is 0 Å². The first-order valence-corrected chi connectivity index (χ1v) is 8.62. The molecule has 2 aliphatic rings. The smallest absolute Gasteiger partial charge is 0.237 e. The van der Waals surface area contributed by atoms with Crippen molar-refractivity contribution < 1.29 is 4.79 Å². The Morgan fingerprint density at radius 3 is 2.67 bits per heavy atom. The molecule has 4 nitrogen and oxygen atoms in total. The first-order valence-electron chi connectivity index (χ1n) is 7.81. The molecule has 2 aliphatic heterocycles. The molecule has 5 heteroatoms. The number of anilines is 2. The summed E-state index contributed by atoms with van der Waals surface area (Å²) in [5.41, 5.74) is 4.87. The predicted octanol–water partition coefficient (Wildman–Crippen LogP) is 4.45. The SMILES string of the molecule is Cc1ccc(N2C(=N)/C(=C3/Nc4ccccc4S3)CC2=O)cc1C. The van der Waals surface area contributed by atoms with E-state index in [0.717, 1.165) is 32.4 Å². The fourth-order valence-corrected chi connectivity index (χ4v) is 4.00. The minimum atomic E-state index is -0.0518. The van der Waals surface area contributed by atoms with Gasteiger partial charge in [-0.25, -0.2) is 0 Å². The molecule has 24 heavy (non-hydrogen) atoms. The maximum absolute atomic E-state index is 12.5. The summed E-state index contributed by atoms with van der Waals surface area (Å²) in [4.78, 5) is 15.2. The third-order valence-corrected chi connectivity index (χ3v) is 5.59. The van der Waals surface area contributed by atoms with Crippen LogP contribution in [-0.4, -0.2) is 11.7 Å². The second-order valence-electron chi connectivity index (χ2n) is 6.05. The van der Waals surface area contributed by atoms with Gasteiger partial charge in [0.05, 0.1) is 22.8 Å². The lowest BCUT2D eigenvalue weighted by molar-refractivity contribution is -0.116. The minimum Gasteiger partial charge on any atom is -0.349 e. The molecule has 0 bridgehead atoms. The van der Waals surface area contributed by atoms with Gasteiger partial charge in [0.1, 0.15) is 5.84 Å². The highest BCUT2D eigenvalue weighted by molar-refractivity contribution is 8.03. The highest BCUT2D eigenvalue weighted by atomic mass is 32.2. The highest BCUT2D eigenvalue weighted by Crippen LogP contribution is 2.44. The van der Waals surface area contributed by atoms with Gasteiger partial charge in [0.15, 0.2) is 0 Å². The molecule has 0 atom stereocenters. The van der Waals surface area contributed by atoms with Crippen LogP contribution in [-0.2, 0) is 4.79 Å². The van der Waals surface area contributed by atoms with Crippen LogP contribution in [0.3, 0.4) is 0 Å². The van der Waals surface area contributed by atoms with Gasteiger partial charge in [0.25, 0.3) is 0 Å². The Hall–Kier alpha value is -2.53. The van der Waals surface area contributed by atoms with Gasteiger partial charge in [-0.05, 0) is 49.2 Å². The van der Waals surface area contributed by atoms with Crippen molar-refractivity contribution in [1.29, 1.82) is 5.41 Å². The molecule has 120 valence electrons. The van der Waals surface area contributed by atoms with Gasteiger partial charge >= 0.3 is 0 Å². The zero-order chi connectivity index (χ0) is 16.8. The van der Waals surface area contributed by atoms with Crippen LogP contribution in [0.25, 0.3) is 0 Å². The molecule has 1 fully saturated rings. The van der Waals surface area contributed by atoms with E-state index in [9.17, 15) is 4.79 Å². The third kappa shape index (κ3) is 2.32. The number of nitrogens with zero attached hydrogens (tertiary/aromatic N) is 1. The molecular weight excluding hydrogens is 318 g/mol. The van der Waals surface area contributed by atoms with E-state index in [1.54, 1.807) is 11.8 Å². The number of amidine groups is 1. The fraction of sp³-hybridized carbons (Fsp3) is 0.158. The number of nitrogens with one attached hydrogen (secondary N) is 2. The van der Waals surface area contributed by atoms with Gasteiger partial charge in [0.2, 0.25) is 5.91 Å². The van der Waals surface area contributed by atoms with Crippen molar-refractivity contribution in [3.8, 4) is 0 Å². The van der Waals surface area contributed by atoms with Crippen molar-refractivity contribution in [2.75, 3.05) is 10.2 Å². The third-order valence-electron chi connectivity index (χ3n) is 4.46. The fourth-order valence-electron chi connectivity index (χ4n) is 2.95. The van der Waals surface area contributed by atoms with E-state index in [0.29, 0.717) is 0 Å². The Bertz CT molecular complexity index is 890. The minimum absolute atomic E-state index is 0.0518. The van der Waals surface area contributed by atoms with E-state index in [2.05, 4.69) is 5.32 Å². The average molecular weight is 335 g/mol. The molecule has 0 aliphatic carbocycles. The maximum Gasteiger partial charge on any atom is 0.237 e. The van der Waals surface area contributed by atoms with Crippen LogP contribution in [0.15, 0.2) is 58.0 Å². The number of rotatable bonds is 1. The molecule has 1 saturated heterocycles. The Balaban J connectivity index is 1.70.